The van der Waals surface area contributed by atoms with Crippen molar-refractivity contribution in [2.75, 3.05) is 6.54 Å². The molecule has 0 fully saturated rings. The van der Waals surface area contributed by atoms with Crippen molar-refractivity contribution in [1.82, 2.24) is 25.6 Å². The molecule has 10 nitrogen and oxygen atoms in total. The number of nitrogens with one attached hydrogen (secondary N) is 2. The lowest BCUT2D eigenvalue weighted by Gasteiger charge is -2.33. The second-order valence-electron chi connectivity index (χ2n) is 8.91. The van der Waals surface area contributed by atoms with Crippen molar-refractivity contribution >= 4 is 23.4 Å². The SMILES string of the molecule is C#CCCC1(CCN(C(=O)c2n[nH]c(CC)c2Cl)C(C(=O)NC(C)(C)CC)c2ccon2)N=N1. The summed E-state index contributed by atoms with van der Waals surface area (Å²) >= 11 is 6.44. The highest BCUT2D eigenvalue weighted by molar-refractivity contribution is 6.34. The predicted molar refractivity (Wildman–Crippen MR) is 126 cm³/mol. The minimum absolute atomic E-state index is 0.0388. The second kappa shape index (κ2) is 10.4. The van der Waals surface area contributed by atoms with Gasteiger partial charge in [0.2, 0.25) is 5.91 Å². The molecule has 0 radical (unpaired) electrons. The fourth-order valence-electron chi connectivity index (χ4n) is 3.48. The van der Waals surface area contributed by atoms with Gasteiger partial charge in [0.05, 0.1) is 10.7 Å². The molecule has 2 N–H and O–H groups in total. The Kier molecular flexibility index (Phi) is 7.77. The molecule has 2 aromatic heterocycles. The molecule has 0 spiro atoms. The van der Waals surface area contributed by atoms with Crippen molar-refractivity contribution in [3.63, 3.8) is 0 Å². The average Bonchev–Trinajstić information content (AvgIpc) is 3.18. The molecule has 1 atom stereocenters. The molecule has 182 valence electrons. The van der Waals surface area contributed by atoms with Crippen LogP contribution in [-0.2, 0) is 11.2 Å². The first-order valence-electron chi connectivity index (χ1n) is 11.3. The van der Waals surface area contributed by atoms with Crippen molar-refractivity contribution in [2.24, 2.45) is 10.2 Å². The zero-order chi connectivity index (χ0) is 24.9. The number of aromatic amines is 1. The van der Waals surface area contributed by atoms with Crippen molar-refractivity contribution < 1.29 is 14.1 Å². The lowest BCUT2D eigenvalue weighted by molar-refractivity contribution is -0.127. The van der Waals surface area contributed by atoms with E-state index in [1.165, 1.54) is 11.2 Å². The number of carbonyl (C=O) groups is 2. The molecule has 2 amide bonds. The summed E-state index contributed by atoms with van der Waals surface area (Å²) in [5.41, 5.74) is -0.179. The highest BCUT2D eigenvalue weighted by Gasteiger charge is 2.43. The van der Waals surface area contributed by atoms with E-state index < -0.39 is 23.2 Å². The van der Waals surface area contributed by atoms with Crippen LogP contribution in [0.1, 0.15) is 81.3 Å². The number of nitrogens with zero attached hydrogens (tertiary/aromatic N) is 5. The molecule has 0 aliphatic carbocycles. The van der Waals surface area contributed by atoms with E-state index in [0.29, 0.717) is 43.5 Å². The Morgan fingerprint density at radius 1 is 1.35 bits per heavy atom. The molecule has 11 heteroatoms. The Hall–Kier alpha value is -3.19. The van der Waals surface area contributed by atoms with Gasteiger partial charge < -0.3 is 14.7 Å². The number of terminal acetylenes is 1. The monoisotopic (exact) mass is 487 g/mol. The van der Waals surface area contributed by atoms with Crippen LogP contribution in [0.15, 0.2) is 27.1 Å². The van der Waals surface area contributed by atoms with Gasteiger partial charge in [0.15, 0.2) is 17.4 Å². The summed E-state index contributed by atoms with van der Waals surface area (Å²) in [6.07, 6.45) is 9.49. The third-order valence-electron chi connectivity index (χ3n) is 6.04. The van der Waals surface area contributed by atoms with Crippen LogP contribution >= 0.6 is 11.6 Å². The Morgan fingerprint density at radius 2 is 2.09 bits per heavy atom. The van der Waals surface area contributed by atoms with Gasteiger partial charge >= 0.3 is 0 Å². The van der Waals surface area contributed by atoms with Gasteiger partial charge in [-0.25, -0.2) is 0 Å². The number of carbonyl (C=O) groups excluding carboxylic acids is 2. The number of amides is 2. The maximum Gasteiger partial charge on any atom is 0.276 e. The second-order valence-corrected chi connectivity index (χ2v) is 9.28. The van der Waals surface area contributed by atoms with Gasteiger partial charge in [0.1, 0.15) is 12.0 Å². The number of aryl methyl sites for hydroxylation is 1. The van der Waals surface area contributed by atoms with Crippen LogP contribution in [-0.4, -0.2) is 49.8 Å². The summed E-state index contributed by atoms with van der Waals surface area (Å²) < 4.78 is 5.02. The van der Waals surface area contributed by atoms with Crippen LogP contribution < -0.4 is 5.32 Å². The van der Waals surface area contributed by atoms with Gasteiger partial charge in [-0.05, 0) is 26.7 Å². The molecule has 1 unspecified atom stereocenters. The van der Waals surface area contributed by atoms with Crippen LogP contribution in [0.5, 0.6) is 0 Å². The molecular formula is C23H30ClN7O3. The summed E-state index contributed by atoms with van der Waals surface area (Å²) in [5, 5.41) is 22.5. The standard InChI is InChI=1S/C23H30ClN7O3/c1-6-9-11-23(29-30-23)12-13-31(21(33)18-17(24)15(7-2)26-27-18)19(16-10-14-34-28-16)20(32)25-22(4,5)8-3/h1,10,14,19H,7-9,11-13H2,2-5H3,(H,25,32)(H,26,27). The number of aromatic nitrogens is 3. The van der Waals surface area contributed by atoms with Crippen molar-refractivity contribution in [3.05, 3.63) is 34.4 Å². The number of H-pyrrole nitrogens is 1. The third-order valence-corrected chi connectivity index (χ3v) is 6.45. The van der Waals surface area contributed by atoms with Crippen molar-refractivity contribution in [2.45, 2.75) is 77.0 Å². The summed E-state index contributed by atoms with van der Waals surface area (Å²) in [7, 11) is 0. The van der Waals surface area contributed by atoms with E-state index in [-0.39, 0.29) is 23.2 Å². The Labute approximate surface area is 203 Å². The molecule has 0 bridgehead atoms. The molecule has 2 aromatic rings. The highest BCUT2D eigenvalue weighted by Crippen LogP contribution is 2.38. The minimum atomic E-state index is -1.07. The van der Waals surface area contributed by atoms with Crippen LogP contribution in [0.3, 0.4) is 0 Å². The number of hydrogen-bond acceptors (Lipinski definition) is 7. The van der Waals surface area contributed by atoms with Gasteiger partial charge in [-0.1, -0.05) is 30.6 Å². The maximum absolute atomic E-state index is 13.7. The van der Waals surface area contributed by atoms with Crippen LogP contribution in [0, 0.1) is 12.3 Å². The summed E-state index contributed by atoms with van der Waals surface area (Å²) in [5.74, 6) is 1.70. The zero-order valence-corrected chi connectivity index (χ0v) is 20.6. The number of rotatable bonds is 12. The van der Waals surface area contributed by atoms with E-state index in [4.69, 9.17) is 22.5 Å². The lowest BCUT2D eigenvalue weighted by Crippen LogP contribution is -2.51. The van der Waals surface area contributed by atoms with E-state index in [9.17, 15) is 9.59 Å². The average molecular weight is 488 g/mol. The van der Waals surface area contributed by atoms with E-state index in [2.05, 4.69) is 36.8 Å². The molecular weight excluding hydrogens is 458 g/mol. The zero-order valence-electron chi connectivity index (χ0n) is 19.9. The molecule has 1 aliphatic rings. The Balaban J connectivity index is 1.98. The van der Waals surface area contributed by atoms with Crippen LogP contribution in [0.2, 0.25) is 5.02 Å². The van der Waals surface area contributed by atoms with Gasteiger partial charge in [0, 0.05) is 37.4 Å². The van der Waals surface area contributed by atoms with Crippen LogP contribution in [0.25, 0.3) is 0 Å². The molecule has 0 saturated carbocycles. The molecule has 0 aromatic carbocycles. The molecule has 34 heavy (non-hydrogen) atoms. The third kappa shape index (κ3) is 5.65. The Bertz CT molecular complexity index is 1080. The lowest BCUT2D eigenvalue weighted by atomic mass is 9.99. The summed E-state index contributed by atoms with van der Waals surface area (Å²) in [4.78, 5) is 28.7. The number of hydrogen-bond donors (Lipinski definition) is 2. The topological polar surface area (TPSA) is 129 Å². The van der Waals surface area contributed by atoms with Gasteiger partial charge in [-0.15, -0.1) is 12.3 Å². The summed E-state index contributed by atoms with van der Waals surface area (Å²) in [6, 6.07) is 0.492. The minimum Gasteiger partial charge on any atom is -0.364 e. The smallest absolute Gasteiger partial charge is 0.276 e. The normalized spacial score (nSPS) is 14.9. The predicted octanol–water partition coefficient (Wildman–Crippen LogP) is 4.07. The van der Waals surface area contributed by atoms with E-state index >= 15 is 0 Å². The van der Waals surface area contributed by atoms with E-state index in [0.717, 1.165) is 0 Å². The maximum atomic E-state index is 13.7. The summed E-state index contributed by atoms with van der Waals surface area (Å²) in [6.45, 7) is 7.83. The van der Waals surface area contributed by atoms with Crippen LogP contribution in [0.4, 0.5) is 0 Å². The van der Waals surface area contributed by atoms with Crippen molar-refractivity contribution in [1.29, 1.82) is 0 Å². The van der Waals surface area contributed by atoms with Crippen molar-refractivity contribution in [3.8, 4) is 12.3 Å². The molecule has 3 rings (SSSR count). The van der Waals surface area contributed by atoms with Gasteiger partial charge in [-0.3, -0.25) is 14.7 Å². The fourth-order valence-corrected chi connectivity index (χ4v) is 3.78. The molecule has 1 aliphatic heterocycles. The first-order valence-corrected chi connectivity index (χ1v) is 11.7. The Morgan fingerprint density at radius 3 is 2.62 bits per heavy atom. The quantitative estimate of drug-likeness (QED) is 0.436. The largest absolute Gasteiger partial charge is 0.364 e. The first kappa shape index (κ1) is 25.4. The van der Waals surface area contributed by atoms with Gasteiger partial charge in [0.25, 0.3) is 5.91 Å². The highest BCUT2D eigenvalue weighted by atomic mass is 35.5. The first-order chi connectivity index (χ1) is 16.2. The molecule has 0 saturated heterocycles. The van der Waals surface area contributed by atoms with E-state index in [1.807, 2.05) is 27.7 Å². The fraction of sp³-hybridized carbons (Fsp3) is 0.565. The van der Waals surface area contributed by atoms with Gasteiger partial charge in [-0.2, -0.15) is 15.3 Å². The van der Waals surface area contributed by atoms with E-state index in [1.54, 1.807) is 6.07 Å². The number of halogens is 1. The molecule has 3 heterocycles.